The number of hydrogen-bond donors (Lipinski definition) is 0. The van der Waals surface area contributed by atoms with Gasteiger partial charge >= 0.3 is 103 Å². The molecule has 0 aromatic heterocycles. The van der Waals surface area contributed by atoms with Crippen molar-refractivity contribution in [1.82, 2.24) is 0 Å². The molecule has 0 aromatic rings. The molecule has 4 nitrogen and oxygen atoms in total. The quantitative estimate of drug-likeness (QED) is 0.179. The van der Waals surface area contributed by atoms with E-state index in [0.29, 0.717) is 6.42 Å². The summed E-state index contributed by atoms with van der Waals surface area (Å²) < 4.78 is 14.1. The van der Waals surface area contributed by atoms with E-state index in [-0.39, 0.29) is 109 Å². The smallest absolute Gasteiger partial charge is 0.790 e. The Morgan fingerprint density at radius 2 is 1.38 bits per heavy atom. The maximum absolute atomic E-state index is 10.1. The Kier molecular flexibility index (Phi) is 26.3. The van der Waals surface area contributed by atoms with Gasteiger partial charge in [-0.05, 0) is 12.8 Å². The summed E-state index contributed by atoms with van der Waals surface area (Å²) in [6.45, 7) is 0.0305. The Morgan fingerprint density at radius 1 is 0.938 bits per heavy atom. The van der Waals surface area contributed by atoms with E-state index in [1.165, 1.54) is 12.8 Å². The van der Waals surface area contributed by atoms with Crippen molar-refractivity contribution in [1.29, 1.82) is 0 Å². The molecule has 0 aliphatic rings. The first kappa shape index (κ1) is 24.9. The number of halogens is 1. The third-order valence-corrected chi connectivity index (χ3v) is 2.84. The summed E-state index contributed by atoms with van der Waals surface area (Å²) in [5.74, 6) is 0. The molecule has 0 unspecified atom stereocenters. The molecule has 8 heteroatoms. The molecule has 0 bridgehead atoms. The van der Waals surface area contributed by atoms with Crippen molar-refractivity contribution in [2.24, 2.45) is 0 Å². The van der Waals surface area contributed by atoms with Crippen LogP contribution in [0.1, 0.15) is 38.5 Å². The van der Waals surface area contributed by atoms with Crippen molar-refractivity contribution < 1.29 is 122 Å². The van der Waals surface area contributed by atoms with Gasteiger partial charge < -0.3 is 18.9 Å². The van der Waals surface area contributed by atoms with E-state index >= 15 is 0 Å². The zero-order valence-electron chi connectivity index (χ0n) is 10.1. The van der Waals surface area contributed by atoms with Crippen LogP contribution in [0.4, 0.5) is 0 Å². The number of alkyl halides is 1. The van der Waals surface area contributed by atoms with Crippen LogP contribution >= 0.6 is 23.8 Å². The maximum atomic E-state index is 10.1. The topological polar surface area (TPSA) is 72.4 Å². The largest absolute Gasteiger partial charge is 1.00 e. The number of phosphoric acid groups is 1. The van der Waals surface area contributed by atoms with E-state index in [4.69, 9.17) is 0 Å². The molecule has 0 aromatic carbocycles. The average molecular weight is 365 g/mol. The summed E-state index contributed by atoms with van der Waals surface area (Å²) in [6, 6.07) is 0. The molecular formula is C8H16BrK2O4P. The van der Waals surface area contributed by atoms with Crippen molar-refractivity contribution in [3.8, 4) is 0 Å². The normalized spacial score (nSPS) is 10.4. The fourth-order valence-corrected chi connectivity index (χ4v) is 1.83. The van der Waals surface area contributed by atoms with Gasteiger partial charge in [0.2, 0.25) is 0 Å². The summed E-state index contributed by atoms with van der Waals surface area (Å²) in [4.78, 5) is 20.1. The van der Waals surface area contributed by atoms with Crippen LogP contribution in [0.25, 0.3) is 0 Å². The average Bonchev–Trinajstić information content (AvgIpc) is 2.08. The minimum atomic E-state index is -4.74. The minimum Gasteiger partial charge on any atom is -0.790 e. The Hall–Kier alpha value is 3.86. The Bertz CT molecular complexity index is 179. The van der Waals surface area contributed by atoms with E-state index in [1.807, 2.05) is 0 Å². The summed E-state index contributed by atoms with van der Waals surface area (Å²) in [7, 11) is -4.74. The van der Waals surface area contributed by atoms with Gasteiger partial charge in [-0.2, -0.15) is 0 Å². The molecular weight excluding hydrogens is 349 g/mol. The number of rotatable bonds is 9. The van der Waals surface area contributed by atoms with Crippen LogP contribution in [-0.4, -0.2) is 11.9 Å². The van der Waals surface area contributed by atoms with Gasteiger partial charge in [0.05, 0.1) is 14.4 Å². The van der Waals surface area contributed by atoms with E-state index in [9.17, 15) is 14.4 Å². The molecule has 86 valence electrons. The Morgan fingerprint density at radius 3 is 1.81 bits per heavy atom. The summed E-state index contributed by atoms with van der Waals surface area (Å²) in [6.07, 6.45) is 6.14. The van der Waals surface area contributed by atoms with E-state index < -0.39 is 7.82 Å². The second-order valence-electron chi connectivity index (χ2n) is 3.09. The van der Waals surface area contributed by atoms with Crippen molar-refractivity contribution in [2.45, 2.75) is 38.5 Å². The zero-order chi connectivity index (χ0) is 10.9. The molecule has 0 atom stereocenters. The van der Waals surface area contributed by atoms with Crippen molar-refractivity contribution >= 4 is 23.8 Å². The Balaban J connectivity index is -0.000000845. The maximum Gasteiger partial charge on any atom is 1.00 e. The standard InChI is InChI=1S/C8H18BrO4P.2K/c9-7-5-3-1-2-4-6-8-13-14(10,11)12;;/h1-8H2,(H2,10,11,12);;/q;2*+1/p-2. The monoisotopic (exact) mass is 364 g/mol. The summed E-state index contributed by atoms with van der Waals surface area (Å²) >= 11 is 3.34. The third kappa shape index (κ3) is 23.0. The van der Waals surface area contributed by atoms with Gasteiger partial charge in [-0.25, -0.2) is 0 Å². The first-order valence-corrected chi connectivity index (χ1v) is 7.37. The second kappa shape index (κ2) is 16.9. The number of phosphoric ester groups is 1. The molecule has 0 radical (unpaired) electrons. The molecule has 0 aliphatic carbocycles. The fourth-order valence-electron chi connectivity index (χ4n) is 1.08. The molecule has 0 spiro atoms. The fraction of sp³-hybridized carbons (Fsp3) is 1.00. The SMILES string of the molecule is O=P([O-])([O-])OCCCCCCCCBr.[K+].[K+]. The van der Waals surface area contributed by atoms with Gasteiger partial charge in [0, 0.05) is 5.33 Å². The van der Waals surface area contributed by atoms with Crippen LogP contribution in [0, 0.1) is 0 Å². The van der Waals surface area contributed by atoms with Gasteiger partial charge in [-0.3, -0.25) is 0 Å². The molecule has 16 heavy (non-hydrogen) atoms. The van der Waals surface area contributed by atoms with Crippen molar-refractivity contribution in [3.05, 3.63) is 0 Å². The number of unbranched alkanes of at least 4 members (excludes halogenated alkanes) is 5. The van der Waals surface area contributed by atoms with Crippen LogP contribution in [0.3, 0.4) is 0 Å². The molecule has 0 N–H and O–H groups in total. The van der Waals surface area contributed by atoms with Gasteiger partial charge in [-0.1, -0.05) is 41.6 Å². The van der Waals surface area contributed by atoms with Gasteiger partial charge in [0.25, 0.3) is 0 Å². The van der Waals surface area contributed by atoms with Crippen molar-refractivity contribution in [2.75, 3.05) is 11.9 Å². The van der Waals surface area contributed by atoms with Crippen LogP contribution in [0.5, 0.6) is 0 Å². The van der Waals surface area contributed by atoms with E-state index in [1.54, 1.807) is 0 Å². The van der Waals surface area contributed by atoms with Crippen LogP contribution < -0.4 is 113 Å². The molecule has 0 heterocycles. The van der Waals surface area contributed by atoms with Crippen LogP contribution in [0.15, 0.2) is 0 Å². The first-order chi connectivity index (χ1) is 6.56. The molecule has 0 fully saturated rings. The molecule has 0 aliphatic heterocycles. The molecule has 0 amide bonds. The Labute approximate surface area is 191 Å². The van der Waals surface area contributed by atoms with Gasteiger partial charge in [0.1, 0.15) is 0 Å². The predicted molar refractivity (Wildman–Crippen MR) is 55.1 cm³/mol. The minimum absolute atomic E-state index is 0. The second-order valence-corrected chi connectivity index (χ2v) is 5.04. The third-order valence-electron chi connectivity index (χ3n) is 1.78. The van der Waals surface area contributed by atoms with Gasteiger partial charge in [-0.15, -0.1) is 0 Å². The molecule has 0 saturated heterocycles. The summed E-state index contributed by atoms with van der Waals surface area (Å²) in [5, 5.41) is 1.03. The van der Waals surface area contributed by atoms with E-state index in [0.717, 1.165) is 24.6 Å². The van der Waals surface area contributed by atoms with Crippen LogP contribution in [0.2, 0.25) is 0 Å². The predicted octanol–water partition coefficient (Wildman–Crippen LogP) is -4.42. The van der Waals surface area contributed by atoms with Crippen molar-refractivity contribution in [3.63, 3.8) is 0 Å². The molecule has 0 saturated carbocycles. The molecule has 0 rings (SSSR count). The number of hydrogen-bond acceptors (Lipinski definition) is 4. The first-order valence-electron chi connectivity index (χ1n) is 4.79. The van der Waals surface area contributed by atoms with Crippen LogP contribution in [-0.2, 0) is 9.09 Å². The summed E-state index contributed by atoms with van der Waals surface area (Å²) in [5.41, 5.74) is 0. The van der Waals surface area contributed by atoms with E-state index in [2.05, 4.69) is 20.5 Å². The zero-order valence-corrected chi connectivity index (χ0v) is 18.8. The van der Waals surface area contributed by atoms with Gasteiger partial charge in [0.15, 0.2) is 0 Å².